The van der Waals surface area contributed by atoms with Gasteiger partial charge in [0.25, 0.3) is 5.91 Å². The number of anilines is 1. The minimum Gasteiger partial charge on any atom is -0.491 e. The van der Waals surface area contributed by atoms with Crippen molar-refractivity contribution in [2.45, 2.75) is 70.3 Å². The molecule has 2 heterocycles. The van der Waals surface area contributed by atoms with Crippen LogP contribution in [-0.2, 0) is 32.5 Å². The van der Waals surface area contributed by atoms with Crippen molar-refractivity contribution in [2.75, 3.05) is 25.2 Å². The number of hydrogen-bond acceptors (Lipinski definition) is 6. The van der Waals surface area contributed by atoms with E-state index < -0.39 is 16.5 Å². The van der Waals surface area contributed by atoms with Gasteiger partial charge in [0.05, 0.1) is 18.4 Å². The van der Waals surface area contributed by atoms with Gasteiger partial charge in [0.2, 0.25) is 0 Å². The van der Waals surface area contributed by atoms with Crippen molar-refractivity contribution in [3.8, 4) is 5.75 Å². The van der Waals surface area contributed by atoms with E-state index in [1.54, 1.807) is 13.2 Å². The van der Waals surface area contributed by atoms with E-state index in [0.29, 0.717) is 30.6 Å². The maximum atomic E-state index is 13.3. The molecule has 0 spiro atoms. The van der Waals surface area contributed by atoms with Gasteiger partial charge in [-0.3, -0.25) is 4.79 Å². The first-order chi connectivity index (χ1) is 19.3. The van der Waals surface area contributed by atoms with Gasteiger partial charge in [-0.1, -0.05) is 54.8 Å². The number of carbonyl (C=O) groups is 1. The predicted octanol–water partition coefficient (Wildman–Crippen LogP) is 7.38. The summed E-state index contributed by atoms with van der Waals surface area (Å²) < 4.78 is 29.5. The van der Waals surface area contributed by atoms with Gasteiger partial charge in [-0.15, -0.1) is 0 Å². The summed E-state index contributed by atoms with van der Waals surface area (Å²) >= 11 is 6.41. The van der Waals surface area contributed by atoms with Crippen LogP contribution in [0.1, 0.15) is 67.4 Å². The first-order valence-corrected chi connectivity index (χ1v) is 16.0. The van der Waals surface area contributed by atoms with E-state index in [9.17, 15) is 9.00 Å². The molecule has 216 valence electrons. The van der Waals surface area contributed by atoms with Gasteiger partial charge < -0.3 is 22.9 Å². The molecule has 1 aliphatic carbocycles. The molecule has 0 saturated heterocycles. The third kappa shape index (κ3) is 6.58. The molecule has 0 N–H and O–H groups in total. The Labute approximate surface area is 245 Å². The first-order valence-electron chi connectivity index (χ1n) is 14.5. The van der Waals surface area contributed by atoms with Gasteiger partial charge in [0.15, 0.2) is 0 Å². The molecule has 1 fully saturated rings. The fourth-order valence-corrected chi connectivity index (χ4v) is 7.16. The molecule has 6 nitrogen and oxygen atoms in total. The number of carbonyl (C=O) groups excluding carboxylic acids is 1. The normalized spacial score (nSPS) is 29.1. The van der Waals surface area contributed by atoms with Crippen molar-refractivity contribution in [1.29, 1.82) is 0 Å². The monoisotopic (exact) mass is 583 g/mol. The average molecular weight is 584 g/mol. The zero-order chi connectivity index (χ0) is 28.2. The topological polar surface area (TPSA) is 68.2 Å². The van der Waals surface area contributed by atoms with E-state index in [0.717, 1.165) is 61.5 Å². The number of ether oxygens (including phenoxy) is 2. The highest BCUT2D eigenvalue weighted by Crippen LogP contribution is 2.42. The molecule has 0 unspecified atom stereocenters. The van der Waals surface area contributed by atoms with Crippen LogP contribution in [0.2, 0.25) is 5.02 Å². The Bertz CT molecular complexity index is 1340. The lowest BCUT2D eigenvalue weighted by Crippen LogP contribution is -2.43. The summed E-state index contributed by atoms with van der Waals surface area (Å²) in [6.45, 7) is 6.04. The van der Waals surface area contributed by atoms with Crippen molar-refractivity contribution in [1.82, 2.24) is 0 Å². The molecule has 5 atom stereocenters. The minimum atomic E-state index is -1.63. The van der Waals surface area contributed by atoms with Crippen LogP contribution in [0, 0.1) is 17.8 Å². The molecule has 2 bridgehead atoms. The molecular formula is C32H40ClN2O4S-. The fraction of sp³-hybridized carbons (Fsp3) is 0.531. The summed E-state index contributed by atoms with van der Waals surface area (Å²) in [5, 5.41) is 0.501. The number of methoxy groups -OCH3 is 1. The van der Waals surface area contributed by atoms with Crippen LogP contribution in [0.15, 0.2) is 52.9 Å². The lowest BCUT2D eigenvalue weighted by atomic mass is 9.70. The number of benzene rings is 2. The van der Waals surface area contributed by atoms with E-state index in [1.165, 1.54) is 11.1 Å². The summed E-state index contributed by atoms with van der Waals surface area (Å²) in [5.41, 5.74) is 3.79. The van der Waals surface area contributed by atoms with Crippen LogP contribution in [-0.4, -0.2) is 37.5 Å². The number of nitrogens with zero attached hydrogens (tertiary/aromatic N) is 2. The van der Waals surface area contributed by atoms with Crippen molar-refractivity contribution in [3.63, 3.8) is 0 Å². The van der Waals surface area contributed by atoms with Gasteiger partial charge in [0, 0.05) is 30.8 Å². The highest BCUT2D eigenvalue weighted by atomic mass is 35.5. The number of allylic oxidation sites excluding steroid dienone is 1. The van der Waals surface area contributed by atoms with E-state index in [2.05, 4.69) is 40.5 Å². The van der Waals surface area contributed by atoms with Gasteiger partial charge >= 0.3 is 0 Å². The second-order valence-corrected chi connectivity index (χ2v) is 13.4. The Morgan fingerprint density at radius 3 is 2.73 bits per heavy atom. The second kappa shape index (κ2) is 13.1. The molecular weight excluding hydrogens is 544 g/mol. The molecule has 1 amide bonds. The maximum absolute atomic E-state index is 13.3. The van der Waals surface area contributed by atoms with Crippen molar-refractivity contribution < 1.29 is 18.5 Å². The molecule has 0 radical (unpaired) electrons. The minimum absolute atomic E-state index is 0.0306. The molecule has 40 heavy (non-hydrogen) atoms. The first kappa shape index (κ1) is 29.2. The SMILES string of the molecule is CO[C@H]1/C=C/C[C@H](C)[C@@H](C)[S-](=O)=NC(=O)c2ccc3c(c2)N(Cc2ccc(Cl)cc2CCCCO3)C[C@@H]2CC[C@H]21. The summed E-state index contributed by atoms with van der Waals surface area (Å²) in [5.74, 6) is 1.26. The quantitative estimate of drug-likeness (QED) is 0.259. The Balaban J connectivity index is 1.62. The van der Waals surface area contributed by atoms with Crippen LogP contribution >= 0.6 is 11.6 Å². The van der Waals surface area contributed by atoms with Crippen LogP contribution in [0.5, 0.6) is 5.75 Å². The highest BCUT2D eigenvalue weighted by molar-refractivity contribution is 7.75. The van der Waals surface area contributed by atoms with Crippen LogP contribution in [0.4, 0.5) is 5.69 Å². The number of halogens is 1. The Hall–Kier alpha value is -2.35. The van der Waals surface area contributed by atoms with Crippen LogP contribution in [0.3, 0.4) is 0 Å². The lowest BCUT2D eigenvalue weighted by Gasteiger charge is -2.43. The Morgan fingerprint density at radius 1 is 1.10 bits per heavy atom. The van der Waals surface area contributed by atoms with Crippen LogP contribution in [0.25, 0.3) is 0 Å². The number of rotatable bonds is 1. The van der Waals surface area contributed by atoms with Crippen LogP contribution < -0.4 is 9.64 Å². The second-order valence-electron chi connectivity index (χ2n) is 11.5. The number of fused-ring (bicyclic) bond motifs is 3. The van der Waals surface area contributed by atoms with Gasteiger partial charge in [-0.25, -0.2) is 0 Å². The van der Waals surface area contributed by atoms with Gasteiger partial charge in [-0.05, 0) is 91.8 Å². The summed E-state index contributed by atoms with van der Waals surface area (Å²) in [6, 6.07) is 11.7. The standard InChI is InChI=1S/C32H40ClN2O4S/c1-21-7-6-9-30(38-3)28-14-11-26(28)20-35-19-25-10-13-27(33)17-23(25)8-4-5-16-39-31-15-12-24(18-29(31)35)32(36)34-40(37)22(21)2/h6,9-10,12-13,15,17-18,21-22,26,28,30H,4-5,7-8,11,14,16,19-20H2,1-3H3/q-1/b9-6+/t21-,22+,26-,28+,30-/m0/s1. The third-order valence-electron chi connectivity index (χ3n) is 8.93. The predicted molar refractivity (Wildman–Crippen MR) is 162 cm³/mol. The Morgan fingerprint density at radius 2 is 1.95 bits per heavy atom. The fourth-order valence-electron chi connectivity index (χ4n) is 6.02. The van der Waals surface area contributed by atoms with Crippen molar-refractivity contribution in [3.05, 3.63) is 70.3 Å². The third-order valence-corrected chi connectivity index (χ3v) is 10.6. The van der Waals surface area contributed by atoms with Crippen molar-refractivity contribution >= 4 is 33.8 Å². The molecule has 8 heteroatoms. The van der Waals surface area contributed by atoms with E-state index in [4.69, 9.17) is 21.1 Å². The molecule has 0 aromatic heterocycles. The summed E-state index contributed by atoms with van der Waals surface area (Å²) in [4.78, 5) is 15.6. The number of hydrogen-bond donors (Lipinski definition) is 0. The smallest absolute Gasteiger partial charge is 0.254 e. The molecule has 2 aliphatic heterocycles. The van der Waals surface area contributed by atoms with E-state index in [1.807, 2.05) is 25.1 Å². The molecule has 5 rings (SSSR count). The maximum Gasteiger partial charge on any atom is 0.254 e. The molecule has 3 aliphatic rings. The summed E-state index contributed by atoms with van der Waals surface area (Å²) in [7, 11) is 0.155. The number of aryl methyl sites for hydroxylation is 1. The summed E-state index contributed by atoms with van der Waals surface area (Å²) in [6.07, 6.45) is 10.2. The number of amides is 1. The Kier molecular flexibility index (Phi) is 9.54. The zero-order valence-corrected chi connectivity index (χ0v) is 25.3. The molecule has 2 aromatic carbocycles. The van der Waals surface area contributed by atoms with Crippen molar-refractivity contribution in [2.24, 2.45) is 22.1 Å². The van der Waals surface area contributed by atoms with Gasteiger partial charge in [-0.2, -0.15) is 10.6 Å². The largest absolute Gasteiger partial charge is 0.491 e. The lowest BCUT2D eigenvalue weighted by molar-refractivity contribution is 0.0133. The van der Waals surface area contributed by atoms with E-state index in [-0.39, 0.29) is 17.3 Å². The van der Waals surface area contributed by atoms with E-state index >= 15 is 0 Å². The zero-order valence-electron chi connectivity index (χ0n) is 23.7. The highest BCUT2D eigenvalue weighted by Gasteiger charge is 2.38. The van der Waals surface area contributed by atoms with Gasteiger partial charge in [0.1, 0.15) is 5.75 Å². The molecule has 2 aromatic rings. The molecule has 1 saturated carbocycles. The average Bonchev–Trinajstić information content (AvgIpc) is 2.96.